The molecule has 1 fully saturated rings. The molecule has 0 aromatic heterocycles. The van der Waals surface area contributed by atoms with Gasteiger partial charge in [-0.05, 0) is 75.4 Å². The molecule has 0 aliphatic heterocycles. The summed E-state index contributed by atoms with van der Waals surface area (Å²) < 4.78 is 26.5. The molecule has 2 amide bonds. The summed E-state index contributed by atoms with van der Waals surface area (Å²) in [4.78, 5) is 28.3. The van der Waals surface area contributed by atoms with Gasteiger partial charge in [-0.25, -0.2) is 8.42 Å². The number of halogens is 2. The lowest BCUT2D eigenvalue weighted by molar-refractivity contribution is -0.141. The fraction of sp³-hybridized carbons (Fsp3) is 0.517. The summed E-state index contributed by atoms with van der Waals surface area (Å²) in [5.74, 6) is -0.489. The van der Waals surface area contributed by atoms with Gasteiger partial charge in [0, 0.05) is 41.2 Å². The smallest absolute Gasteiger partial charge is 0.242 e. The van der Waals surface area contributed by atoms with E-state index in [0.717, 1.165) is 43.1 Å². The maximum absolute atomic E-state index is 13.6. The number of benzene rings is 2. The molecule has 0 radical (unpaired) electrons. The summed E-state index contributed by atoms with van der Waals surface area (Å²) in [5.41, 5.74) is 3.18. The first kappa shape index (κ1) is 31.2. The fourth-order valence-corrected chi connectivity index (χ4v) is 6.36. The summed E-state index contributed by atoms with van der Waals surface area (Å²) in [6.45, 7) is 5.81. The number of aryl methyl sites for hydroxylation is 2. The van der Waals surface area contributed by atoms with Crippen molar-refractivity contribution in [3.63, 3.8) is 0 Å². The average Bonchev–Trinajstić information content (AvgIpc) is 2.87. The predicted octanol–water partition coefficient (Wildman–Crippen LogP) is 6.02. The van der Waals surface area contributed by atoms with Crippen molar-refractivity contribution >= 4 is 50.7 Å². The zero-order chi connectivity index (χ0) is 28.7. The Morgan fingerprint density at radius 3 is 2.26 bits per heavy atom. The summed E-state index contributed by atoms with van der Waals surface area (Å²) in [6.07, 6.45) is 6.69. The van der Waals surface area contributed by atoms with Crippen LogP contribution in [0, 0.1) is 13.8 Å². The molecule has 214 valence electrons. The Balaban J connectivity index is 1.77. The van der Waals surface area contributed by atoms with E-state index in [-0.39, 0.29) is 43.8 Å². The molecule has 0 unspecified atom stereocenters. The molecule has 0 bridgehead atoms. The lowest BCUT2D eigenvalue weighted by Crippen LogP contribution is -2.50. The second-order valence-electron chi connectivity index (χ2n) is 10.4. The first-order valence-electron chi connectivity index (χ1n) is 13.5. The molecule has 1 N–H and O–H groups in total. The second kappa shape index (κ2) is 13.9. The van der Waals surface area contributed by atoms with E-state index in [4.69, 9.17) is 23.2 Å². The summed E-state index contributed by atoms with van der Waals surface area (Å²) in [6, 6.07) is 9.98. The van der Waals surface area contributed by atoms with Crippen molar-refractivity contribution in [2.24, 2.45) is 0 Å². The highest BCUT2D eigenvalue weighted by Crippen LogP contribution is 2.28. The van der Waals surface area contributed by atoms with Crippen LogP contribution in [0.1, 0.15) is 68.6 Å². The number of nitrogens with zero attached hydrogens (tertiary/aromatic N) is 2. The summed E-state index contributed by atoms with van der Waals surface area (Å²) in [7, 11) is -3.56. The van der Waals surface area contributed by atoms with Gasteiger partial charge in [0.2, 0.25) is 21.8 Å². The molecule has 39 heavy (non-hydrogen) atoms. The van der Waals surface area contributed by atoms with Crippen LogP contribution in [0.15, 0.2) is 36.4 Å². The Bertz CT molecular complexity index is 1260. The van der Waals surface area contributed by atoms with Crippen molar-refractivity contribution in [1.29, 1.82) is 0 Å². The Morgan fingerprint density at radius 1 is 1.03 bits per heavy atom. The van der Waals surface area contributed by atoms with E-state index >= 15 is 0 Å². The Hall–Kier alpha value is -2.29. The van der Waals surface area contributed by atoms with E-state index in [1.165, 1.54) is 15.6 Å². The van der Waals surface area contributed by atoms with Crippen LogP contribution in [-0.4, -0.2) is 50.0 Å². The fourth-order valence-electron chi connectivity index (χ4n) is 4.89. The van der Waals surface area contributed by atoms with Gasteiger partial charge in [0.25, 0.3) is 0 Å². The monoisotopic (exact) mass is 595 g/mol. The van der Waals surface area contributed by atoms with Crippen LogP contribution in [0.25, 0.3) is 0 Å². The highest BCUT2D eigenvalue weighted by atomic mass is 35.5. The van der Waals surface area contributed by atoms with Gasteiger partial charge in [0.05, 0.1) is 11.9 Å². The minimum atomic E-state index is -3.56. The molecule has 1 aliphatic carbocycles. The van der Waals surface area contributed by atoms with E-state index in [0.29, 0.717) is 21.3 Å². The largest absolute Gasteiger partial charge is 0.352 e. The molecule has 7 nitrogen and oxygen atoms in total. The summed E-state index contributed by atoms with van der Waals surface area (Å²) in [5, 5.41) is 3.94. The van der Waals surface area contributed by atoms with Crippen LogP contribution in [0.3, 0.4) is 0 Å². The molecule has 2 aromatic rings. The Morgan fingerprint density at radius 2 is 1.67 bits per heavy atom. The van der Waals surface area contributed by atoms with E-state index in [1.54, 1.807) is 31.2 Å². The number of rotatable bonds is 11. The van der Waals surface area contributed by atoms with Crippen LogP contribution < -0.4 is 9.62 Å². The van der Waals surface area contributed by atoms with Gasteiger partial charge in [-0.2, -0.15) is 0 Å². The molecule has 1 aliphatic rings. The third-order valence-corrected chi connectivity index (χ3v) is 9.34. The predicted molar refractivity (Wildman–Crippen MR) is 159 cm³/mol. The van der Waals surface area contributed by atoms with E-state index in [2.05, 4.69) is 5.32 Å². The van der Waals surface area contributed by atoms with Gasteiger partial charge >= 0.3 is 0 Å². The van der Waals surface area contributed by atoms with Gasteiger partial charge in [0.1, 0.15) is 6.04 Å². The molecular formula is C29H39Cl2N3O4S. The third-order valence-electron chi connectivity index (χ3n) is 7.44. The van der Waals surface area contributed by atoms with Gasteiger partial charge in [-0.3, -0.25) is 13.9 Å². The SMILES string of the molecule is Cc1ccc(N(CCCC(=O)N(Cc2c(Cl)cccc2Cl)[C@H](C)C(=O)NC2CCCCC2)S(C)(=O)=O)cc1C. The third kappa shape index (κ3) is 8.60. The lowest BCUT2D eigenvalue weighted by atomic mass is 9.95. The second-order valence-corrected chi connectivity index (χ2v) is 13.2. The topological polar surface area (TPSA) is 86.8 Å². The van der Waals surface area contributed by atoms with Crippen LogP contribution >= 0.6 is 23.2 Å². The number of carbonyl (C=O) groups is 2. The van der Waals surface area contributed by atoms with Gasteiger partial charge in [-0.15, -0.1) is 0 Å². The van der Waals surface area contributed by atoms with Gasteiger partial charge in [0.15, 0.2) is 0 Å². The molecule has 10 heteroatoms. The van der Waals surface area contributed by atoms with Gasteiger partial charge < -0.3 is 10.2 Å². The number of hydrogen-bond donors (Lipinski definition) is 1. The van der Waals surface area contributed by atoms with Crippen molar-refractivity contribution in [3.05, 3.63) is 63.1 Å². The molecule has 1 atom stereocenters. The number of hydrogen-bond acceptors (Lipinski definition) is 4. The molecule has 1 saturated carbocycles. The zero-order valence-electron chi connectivity index (χ0n) is 23.2. The maximum atomic E-state index is 13.6. The molecule has 0 heterocycles. The molecule has 0 spiro atoms. The Kier molecular flexibility index (Phi) is 11.1. The van der Waals surface area contributed by atoms with E-state index < -0.39 is 16.1 Å². The molecule has 3 rings (SSSR count). The minimum absolute atomic E-state index is 0.0555. The highest BCUT2D eigenvalue weighted by Gasteiger charge is 2.29. The standard InChI is InChI=1S/C29H39Cl2N3O4S/c1-20-15-16-24(18-21(20)2)34(39(4,37)38)17-9-14-28(35)33(19-25-26(30)12-8-13-27(25)31)22(3)29(36)32-23-10-6-5-7-11-23/h8,12-13,15-16,18,22-23H,5-7,9-11,14,17,19H2,1-4H3,(H,32,36)/t22-/m1/s1. The van der Waals surface area contributed by atoms with Crippen molar-refractivity contribution in [3.8, 4) is 0 Å². The van der Waals surface area contributed by atoms with E-state index in [9.17, 15) is 18.0 Å². The maximum Gasteiger partial charge on any atom is 0.242 e. The van der Waals surface area contributed by atoms with Crippen molar-refractivity contribution in [2.45, 2.75) is 84.3 Å². The molecule has 0 saturated heterocycles. The van der Waals surface area contributed by atoms with Crippen molar-refractivity contribution in [2.75, 3.05) is 17.1 Å². The summed E-state index contributed by atoms with van der Waals surface area (Å²) >= 11 is 12.8. The average molecular weight is 597 g/mol. The van der Waals surface area contributed by atoms with Crippen LogP contribution in [0.2, 0.25) is 10.0 Å². The number of nitrogens with one attached hydrogen (secondary N) is 1. The Labute approximate surface area is 242 Å². The first-order chi connectivity index (χ1) is 18.4. The van der Waals surface area contributed by atoms with Gasteiger partial charge in [-0.1, -0.05) is 54.6 Å². The first-order valence-corrected chi connectivity index (χ1v) is 16.1. The quantitative estimate of drug-likeness (QED) is 0.344. The normalized spacial score (nSPS) is 15.0. The number of anilines is 1. The molecule has 2 aromatic carbocycles. The zero-order valence-corrected chi connectivity index (χ0v) is 25.5. The van der Waals surface area contributed by atoms with Crippen LogP contribution in [0.5, 0.6) is 0 Å². The molecular weight excluding hydrogens is 557 g/mol. The van der Waals surface area contributed by atoms with E-state index in [1.807, 2.05) is 26.0 Å². The minimum Gasteiger partial charge on any atom is -0.352 e. The number of amides is 2. The lowest BCUT2D eigenvalue weighted by Gasteiger charge is -2.32. The number of carbonyl (C=O) groups excluding carboxylic acids is 2. The van der Waals surface area contributed by atoms with Crippen LogP contribution in [-0.2, 0) is 26.2 Å². The number of sulfonamides is 1. The van der Waals surface area contributed by atoms with Crippen molar-refractivity contribution < 1.29 is 18.0 Å². The van der Waals surface area contributed by atoms with Crippen LogP contribution in [0.4, 0.5) is 5.69 Å². The highest BCUT2D eigenvalue weighted by molar-refractivity contribution is 7.92. The van der Waals surface area contributed by atoms with Crippen molar-refractivity contribution in [1.82, 2.24) is 10.2 Å².